The number of likely N-dealkylation sites (tertiary alicyclic amines) is 1. The number of amides is 1. The largest absolute Gasteiger partial charge is 0.352 e. The van der Waals surface area contributed by atoms with Gasteiger partial charge in [-0.05, 0) is 39.2 Å². The molecule has 0 radical (unpaired) electrons. The lowest BCUT2D eigenvalue weighted by molar-refractivity contribution is -0.127. The van der Waals surface area contributed by atoms with E-state index in [0.29, 0.717) is 6.04 Å². The summed E-state index contributed by atoms with van der Waals surface area (Å²) < 4.78 is 0. The fourth-order valence-corrected chi connectivity index (χ4v) is 3.02. The van der Waals surface area contributed by atoms with Crippen molar-refractivity contribution in [3.05, 3.63) is 0 Å². The van der Waals surface area contributed by atoms with E-state index in [1.54, 1.807) is 0 Å². The molecule has 2 fully saturated rings. The zero-order chi connectivity index (χ0) is 13.0. The van der Waals surface area contributed by atoms with Gasteiger partial charge in [0.05, 0.1) is 18.0 Å². The van der Waals surface area contributed by atoms with Crippen LogP contribution in [0.3, 0.4) is 0 Å². The van der Waals surface area contributed by atoms with Gasteiger partial charge in [0.25, 0.3) is 0 Å². The molecule has 2 rings (SSSR count). The molecule has 0 aromatic rings. The zero-order valence-corrected chi connectivity index (χ0v) is 11.2. The van der Waals surface area contributed by atoms with E-state index in [2.05, 4.69) is 16.3 Å². The highest BCUT2D eigenvalue weighted by atomic mass is 16.2. The van der Waals surface area contributed by atoms with Gasteiger partial charge in [-0.1, -0.05) is 12.8 Å². The third-order valence-electron chi connectivity index (χ3n) is 4.26. The van der Waals surface area contributed by atoms with E-state index < -0.39 is 0 Å². The highest BCUT2D eigenvalue weighted by Crippen LogP contribution is 2.20. The van der Waals surface area contributed by atoms with Gasteiger partial charge in [0, 0.05) is 12.6 Å². The Hall–Kier alpha value is -1.08. The predicted octanol–water partition coefficient (Wildman–Crippen LogP) is 1.67. The van der Waals surface area contributed by atoms with Crippen molar-refractivity contribution in [3.8, 4) is 6.07 Å². The van der Waals surface area contributed by atoms with Gasteiger partial charge in [-0.3, -0.25) is 9.69 Å². The van der Waals surface area contributed by atoms with Gasteiger partial charge >= 0.3 is 0 Å². The summed E-state index contributed by atoms with van der Waals surface area (Å²) in [5.74, 6) is 0.237. The summed E-state index contributed by atoms with van der Waals surface area (Å²) >= 11 is 0. The van der Waals surface area contributed by atoms with E-state index in [9.17, 15) is 4.79 Å². The Balaban J connectivity index is 1.83. The predicted molar refractivity (Wildman–Crippen MR) is 69.8 cm³/mol. The molecule has 0 spiro atoms. The number of nitriles is 1. The van der Waals surface area contributed by atoms with E-state index >= 15 is 0 Å². The molecule has 2 unspecified atom stereocenters. The summed E-state index contributed by atoms with van der Waals surface area (Å²) in [6.07, 6.45) is 6.72. The Morgan fingerprint density at radius 2 is 2.06 bits per heavy atom. The summed E-state index contributed by atoms with van der Waals surface area (Å²) in [5.41, 5.74) is 0. The summed E-state index contributed by atoms with van der Waals surface area (Å²) in [4.78, 5) is 14.3. The molecule has 1 aliphatic heterocycles. The van der Waals surface area contributed by atoms with E-state index in [1.165, 1.54) is 12.8 Å². The summed E-state index contributed by atoms with van der Waals surface area (Å²) in [6.45, 7) is 3.65. The van der Waals surface area contributed by atoms with Crippen LogP contribution in [-0.2, 0) is 4.79 Å². The minimum Gasteiger partial charge on any atom is -0.352 e. The second-order valence-corrected chi connectivity index (χ2v) is 5.63. The Morgan fingerprint density at radius 3 is 2.72 bits per heavy atom. The molecule has 100 valence electrons. The molecule has 0 aromatic carbocycles. The smallest absolute Gasteiger partial charge is 0.237 e. The van der Waals surface area contributed by atoms with Crippen LogP contribution in [-0.4, -0.2) is 36.0 Å². The van der Waals surface area contributed by atoms with Crippen LogP contribution >= 0.6 is 0 Å². The number of carbonyl (C=O) groups excluding carboxylic acids is 1. The highest BCUT2D eigenvalue weighted by Gasteiger charge is 2.28. The Bertz CT molecular complexity index is 330. The first kappa shape index (κ1) is 13.4. The molecule has 1 amide bonds. The molecule has 18 heavy (non-hydrogen) atoms. The Morgan fingerprint density at radius 1 is 1.33 bits per heavy atom. The lowest BCUT2D eigenvalue weighted by atomic mass is 9.98. The number of nitrogens with zero attached hydrogens (tertiary/aromatic N) is 2. The number of piperidine rings is 1. The monoisotopic (exact) mass is 249 g/mol. The van der Waals surface area contributed by atoms with Crippen molar-refractivity contribution in [2.45, 2.75) is 57.5 Å². The van der Waals surface area contributed by atoms with Crippen LogP contribution in [0.5, 0.6) is 0 Å². The topological polar surface area (TPSA) is 56.1 Å². The van der Waals surface area contributed by atoms with Gasteiger partial charge < -0.3 is 5.32 Å². The molecule has 2 atom stereocenters. The molecule has 4 nitrogen and oxygen atoms in total. The number of rotatable bonds is 3. The van der Waals surface area contributed by atoms with Gasteiger partial charge in [-0.2, -0.15) is 5.26 Å². The van der Waals surface area contributed by atoms with Crippen molar-refractivity contribution < 1.29 is 4.79 Å². The van der Waals surface area contributed by atoms with Crippen LogP contribution < -0.4 is 5.32 Å². The molecular formula is C14H23N3O. The first-order valence-electron chi connectivity index (χ1n) is 7.14. The second-order valence-electron chi connectivity index (χ2n) is 5.63. The quantitative estimate of drug-likeness (QED) is 0.827. The van der Waals surface area contributed by atoms with Gasteiger partial charge in [0.1, 0.15) is 0 Å². The summed E-state index contributed by atoms with van der Waals surface area (Å²) in [7, 11) is 0. The van der Waals surface area contributed by atoms with Crippen LogP contribution in [0.2, 0.25) is 0 Å². The Kier molecular flexibility index (Phi) is 4.60. The molecular weight excluding hydrogens is 226 g/mol. The van der Waals surface area contributed by atoms with E-state index in [1.807, 2.05) is 6.92 Å². The molecule has 4 heteroatoms. The van der Waals surface area contributed by atoms with Gasteiger partial charge in [0.15, 0.2) is 0 Å². The maximum Gasteiger partial charge on any atom is 0.237 e. The maximum atomic E-state index is 12.2. The first-order chi connectivity index (χ1) is 8.70. The number of carbonyl (C=O) groups is 1. The molecule has 1 aliphatic carbocycles. The molecule has 1 saturated heterocycles. The minimum atomic E-state index is -0.0956. The molecule has 2 aliphatic rings. The fourth-order valence-electron chi connectivity index (χ4n) is 3.02. The lowest BCUT2D eigenvalue weighted by Gasteiger charge is -2.34. The SMILES string of the molecule is CC(C(=O)NC1CCCC1)N1CCCC(C#N)C1. The van der Waals surface area contributed by atoms with Crippen LogP contribution in [0.4, 0.5) is 0 Å². The van der Waals surface area contributed by atoms with Crippen molar-refractivity contribution >= 4 is 5.91 Å². The molecule has 0 bridgehead atoms. The van der Waals surface area contributed by atoms with Crippen LogP contribution in [0.25, 0.3) is 0 Å². The maximum absolute atomic E-state index is 12.2. The fraction of sp³-hybridized carbons (Fsp3) is 0.857. The van der Waals surface area contributed by atoms with Gasteiger partial charge in [-0.25, -0.2) is 0 Å². The third kappa shape index (κ3) is 3.23. The third-order valence-corrected chi connectivity index (χ3v) is 4.26. The molecule has 1 heterocycles. The average Bonchev–Trinajstić information content (AvgIpc) is 2.90. The zero-order valence-electron chi connectivity index (χ0n) is 11.2. The number of hydrogen-bond acceptors (Lipinski definition) is 3. The van der Waals surface area contributed by atoms with E-state index in [4.69, 9.17) is 5.26 Å². The van der Waals surface area contributed by atoms with Crippen molar-refractivity contribution in [2.75, 3.05) is 13.1 Å². The van der Waals surface area contributed by atoms with Crippen LogP contribution in [0.1, 0.15) is 45.4 Å². The summed E-state index contributed by atoms with van der Waals surface area (Å²) in [5, 5.41) is 12.1. The van der Waals surface area contributed by atoms with E-state index in [-0.39, 0.29) is 17.9 Å². The molecule has 1 saturated carbocycles. The van der Waals surface area contributed by atoms with Crippen molar-refractivity contribution in [2.24, 2.45) is 5.92 Å². The Labute approximate surface area is 109 Å². The van der Waals surface area contributed by atoms with Crippen molar-refractivity contribution in [3.63, 3.8) is 0 Å². The highest BCUT2D eigenvalue weighted by molar-refractivity contribution is 5.81. The van der Waals surface area contributed by atoms with Crippen LogP contribution in [0, 0.1) is 17.2 Å². The van der Waals surface area contributed by atoms with Crippen molar-refractivity contribution in [1.29, 1.82) is 5.26 Å². The average molecular weight is 249 g/mol. The lowest BCUT2D eigenvalue weighted by Crippen LogP contribution is -2.50. The normalized spacial score (nSPS) is 27.7. The molecule has 1 N–H and O–H groups in total. The van der Waals surface area contributed by atoms with Crippen LogP contribution in [0.15, 0.2) is 0 Å². The summed E-state index contributed by atoms with van der Waals surface area (Å²) in [6, 6.07) is 2.62. The van der Waals surface area contributed by atoms with Crippen molar-refractivity contribution in [1.82, 2.24) is 10.2 Å². The van der Waals surface area contributed by atoms with Gasteiger partial charge in [-0.15, -0.1) is 0 Å². The van der Waals surface area contributed by atoms with Gasteiger partial charge in [0.2, 0.25) is 5.91 Å². The second kappa shape index (κ2) is 6.19. The standard InChI is InChI=1S/C14H23N3O/c1-11(14(18)16-13-6-2-3-7-13)17-8-4-5-12(9-15)10-17/h11-13H,2-8,10H2,1H3,(H,16,18). The molecule has 0 aromatic heterocycles. The number of hydrogen-bond donors (Lipinski definition) is 1. The first-order valence-corrected chi connectivity index (χ1v) is 7.14. The number of nitrogens with one attached hydrogen (secondary N) is 1. The van der Waals surface area contributed by atoms with E-state index in [0.717, 1.165) is 38.8 Å². The minimum absolute atomic E-state index is 0.0956.